The van der Waals surface area contributed by atoms with Crippen molar-refractivity contribution in [3.8, 4) is 0 Å². The normalized spacial score (nSPS) is 10.8. The van der Waals surface area contributed by atoms with Crippen LogP contribution in [-0.2, 0) is 4.74 Å². The van der Waals surface area contributed by atoms with Crippen LogP contribution in [0.2, 0.25) is 0 Å². The predicted octanol–water partition coefficient (Wildman–Crippen LogP) is 1.09. The first-order valence-corrected chi connectivity index (χ1v) is 2.98. The minimum atomic E-state index is -1.01. The van der Waals surface area contributed by atoms with E-state index in [4.69, 9.17) is 0 Å². The summed E-state index contributed by atoms with van der Waals surface area (Å²) in [5.74, 6) is 0. The average molecular weight is 149 g/mol. The maximum absolute atomic E-state index is 12.0. The Hall–Kier alpha value is -0.800. The second-order valence-electron chi connectivity index (χ2n) is 2.53. The van der Waals surface area contributed by atoms with Gasteiger partial charge in [-0.1, -0.05) is 0 Å². The van der Waals surface area contributed by atoms with Crippen molar-refractivity contribution in [1.29, 1.82) is 0 Å². The fourth-order valence-corrected chi connectivity index (χ4v) is 0.329. The number of hydrogen-bond acceptors (Lipinski definition) is 2. The van der Waals surface area contributed by atoms with Crippen LogP contribution in [0.3, 0.4) is 0 Å². The third-order valence-corrected chi connectivity index (χ3v) is 0.895. The number of alkyl carbamates (subject to hydrolysis) is 1. The Balaban J connectivity index is 3.76. The predicted molar refractivity (Wildman–Crippen MR) is 35.6 cm³/mol. The second kappa shape index (κ2) is 3.39. The molecule has 0 rings (SSSR count). The monoisotopic (exact) mass is 149 g/mol. The molecule has 0 spiro atoms. The summed E-state index contributed by atoms with van der Waals surface area (Å²) < 4.78 is 16.6. The molecule has 0 aromatic carbocycles. The first-order chi connectivity index (χ1) is 4.52. The van der Waals surface area contributed by atoms with Crippen LogP contribution in [0.25, 0.3) is 0 Å². The molecule has 1 amide bonds. The van der Waals surface area contributed by atoms with Crippen molar-refractivity contribution in [3.05, 3.63) is 0 Å². The average Bonchev–Trinajstić information content (AvgIpc) is 1.87. The molecule has 0 bridgehead atoms. The fraction of sp³-hybridized carbons (Fsp3) is 0.833. The van der Waals surface area contributed by atoms with Crippen molar-refractivity contribution in [2.45, 2.75) is 19.4 Å². The van der Waals surface area contributed by atoms with Gasteiger partial charge < -0.3 is 10.1 Å². The fourth-order valence-electron chi connectivity index (χ4n) is 0.329. The van der Waals surface area contributed by atoms with E-state index >= 15 is 0 Å². The first-order valence-electron chi connectivity index (χ1n) is 2.98. The Morgan fingerprint density at radius 1 is 1.70 bits per heavy atom. The number of alkyl halides is 1. The molecular formula is C6H12FNO2. The maximum Gasteiger partial charge on any atom is 0.407 e. The molecule has 0 atom stereocenters. The van der Waals surface area contributed by atoms with E-state index in [9.17, 15) is 9.18 Å². The van der Waals surface area contributed by atoms with Crippen LogP contribution >= 0.6 is 0 Å². The van der Waals surface area contributed by atoms with Gasteiger partial charge in [0.15, 0.2) is 0 Å². The molecule has 0 heterocycles. The molecule has 60 valence electrons. The molecule has 0 unspecified atom stereocenters. The lowest BCUT2D eigenvalue weighted by atomic mass is 10.2. The summed E-state index contributed by atoms with van der Waals surface area (Å²) in [5, 5.41) is 2.23. The van der Waals surface area contributed by atoms with Crippen LogP contribution in [0.1, 0.15) is 13.8 Å². The number of carbonyl (C=O) groups excluding carboxylic acids is 1. The summed E-state index contributed by atoms with van der Waals surface area (Å²) in [7, 11) is 1.43. The zero-order chi connectivity index (χ0) is 8.20. The number of nitrogens with one attached hydrogen (secondary N) is 1. The Morgan fingerprint density at radius 3 is 2.50 bits per heavy atom. The quantitative estimate of drug-likeness (QED) is 0.638. The number of ether oxygens (including phenoxy) is 1. The Kier molecular flexibility index (Phi) is 3.12. The summed E-state index contributed by atoms with van der Waals surface area (Å²) in [4.78, 5) is 10.5. The van der Waals surface area contributed by atoms with Crippen molar-refractivity contribution < 1.29 is 13.9 Å². The van der Waals surface area contributed by atoms with Crippen molar-refractivity contribution in [3.63, 3.8) is 0 Å². The highest BCUT2D eigenvalue weighted by atomic mass is 19.1. The highest BCUT2D eigenvalue weighted by Crippen LogP contribution is 2.08. The Morgan fingerprint density at radius 2 is 2.20 bits per heavy atom. The standard InChI is InChI=1S/C6H12FNO2/c1-6(2,4-7)10-5(9)8-3/h4H2,1-3H3,(H,8,9). The van der Waals surface area contributed by atoms with Crippen molar-refractivity contribution in [1.82, 2.24) is 5.32 Å². The lowest BCUT2D eigenvalue weighted by Gasteiger charge is -2.20. The van der Waals surface area contributed by atoms with Crippen LogP contribution in [0.4, 0.5) is 9.18 Å². The SMILES string of the molecule is CNC(=O)OC(C)(C)CF. The molecule has 0 fully saturated rings. The molecule has 3 nitrogen and oxygen atoms in total. The lowest BCUT2D eigenvalue weighted by molar-refractivity contribution is 0.0218. The molecule has 0 aliphatic rings. The molecule has 0 aliphatic heterocycles. The smallest absolute Gasteiger partial charge is 0.407 e. The van der Waals surface area contributed by atoms with Gasteiger partial charge in [-0.2, -0.15) is 0 Å². The molecule has 0 aromatic heterocycles. The molecule has 0 saturated heterocycles. The molecule has 4 heteroatoms. The molecule has 0 radical (unpaired) electrons. The van der Waals surface area contributed by atoms with E-state index in [1.54, 1.807) is 0 Å². The van der Waals surface area contributed by atoms with Gasteiger partial charge in [-0.3, -0.25) is 0 Å². The molecule has 0 saturated carbocycles. The van der Waals surface area contributed by atoms with E-state index in [-0.39, 0.29) is 0 Å². The minimum Gasteiger partial charge on any atom is -0.441 e. The zero-order valence-corrected chi connectivity index (χ0v) is 6.40. The van der Waals surface area contributed by atoms with Crippen molar-refractivity contribution >= 4 is 6.09 Å². The van der Waals surface area contributed by atoms with Gasteiger partial charge >= 0.3 is 6.09 Å². The summed E-state index contributed by atoms with van der Waals surface area (Å²) in [6.45, 7) is 2.32. The molecule has 10 heavy (non-hydrogen) atoms. The van der Waals surface area contributed by atoms with Gasteiger partial charge in [0.2, 0.25) is 0 Å². The van der Waals surface area contributed by atoms with Gasteiger partial charge in [-0.25, -0.2) is 9.18 Å². The van der Waals surface area contributed by atoms with Gasteiger partial charge in [0, 0.05) is 7.05 Å². The van der Waals surface area contributed by atoms with E-state index < -0.39 is 18.4 Å². The Labute approximate surface area is 59.6 Å². The topological polar surface area (TPSA) is 38.3 Å². The Bertz CT molecular complexity index is 125. The van der Waals surface area contributed by atoms with Gasteiger partial charge in [-0.15, -0.1) is 0 Å². The van der Waals surface area contributed by atoms with E-state index in [1.807, 2.05) is 0 Å². The van der Waals surface area contributed by atoms with Crippen LogP contribution in [-0.4, -0.2) is 25.4 Å². The van der Waals surface area contributed by atoms with Crippen LogP contribution in [0.5, 0.6) is 0 Å². The van der Waals surface area contributed by atoms with Gasteiger partial charge in [0.05, 0.1) is 0 Å². The number of halogens is 1. The second-order valence-corrected chi connectivity index (χ2v) is 2.53. The zero-order valence-electron chi connectivity index (χ0n) is 6.40. The largest absolute Gasteiger partial charge is 0.441 e. The maximum atomic E-state index is 12.0. The van der Waals surface area contributed by atoms with Crippen molar-refractivity contribution in [2.24, 2.45) is 0 Å². The highest BCUT2D eigenvalue weighted by molar-refractivity contribution is 5.67. The molecule has 0 aliphatic carbocycles. The van der Waals surface area contributed by atoms with E-state index in [2.05, 4.69) is 10.1 Å². The lowest BCUT2D eigenvalue weighted by Crippen LogP contribution is -2.34. The molecule has 1 N–H and O–H groups in total. The number of hydrogen-bond donors (Lipinski definition) is 1. The van der Waals surface area contributed by atoms with E-state index in [0.29, 0.717) is 0 Å². The molecule has 0 aromatic rings. The molecular weight excluding hydrogens is 137 g/mol. The van der Waals surface area contributed by atoms with E-state index in [0.717, 1.165) is 0 Å². The van der Waals surface area contributed by atoms with Crippen LogP contribution < -0.4 is 5.32 Å². The summed E-state index contributed by atoms with van der Waals surface area (Å²) in [5.41, 5.74) is -1.01. The first kappa shape index (κ1) is 9.20. The third kappa shape index (κ3) is 3.27. The summed E-state index contributed by atoms with van der Waals surface area (Å²) in [6, 6.07) is 0. The third-order valence-electron chi connectivity index (χ3n) is 0.895. The van der Waals surface area contributed by atoms with Crippen LogP contribution in [0.15, 0.2) is 0 Å². The van der Waals surface area contributed by atoms with Gasteiger partial charge in [-0.05, 0) is 13.8 Å². The number of carbonyl (C=O) groups is 1. The summed E-state index contributed by atoms with van der Waals surface area (Å²) in [6.07, 6.45) is -0.609. The minimum absolute atomic E-state index is 0.609. The number of rotatable bonds is 2. The highest BCUT2D eigenvalue weighted by Gasteiger charge is 2.21. The van der Waals surface area contributed by atoms with Crippen LogP contribution in [0, 0.1) is 0 Å². The van der Waals surface area contributed by atoms with Gasteiger partial charge in [0.1, 0.15) is 12.3 Å². The van der Waals surface area contributed by atoms with Crippen molar-refractivity contribution in [2.75, 3.05) is 13.7 Å². The summed E-state index contributed by atoms with van der Waals surface area (Å²) >= 11 is 0. The van der Waals surface area contributed by atoms with Gasteiger partial charge in [0.25, 0.3) is 0 Å². The van der Waals surface area contributed by atoms with E-state index in [1.165, 1.54) is 20.9 Å². The number of amides is 1.